The Bertz CT molecular complexity index is 4480. The minimum Gasteiger partial charge on any atom is -0.493 e. The van der Waals surface area contributed by atoms with Crippen LogP contribution in [0.5, 0.6) is 23.5 Å². The zero-order valence-corrected chi connectivity index (χ0v) is 78.8. The van der Waals surface area contributed by atoms with Crippen molar-refractivity contribution < 1.29 is 179 Å². The zero-order valence-electron chi connectivity index (χ0n) is 71.7. The molecule has 13 aromatic rings. The molecule has 0 aliphatic heterocycles. The maximum absolute atomic E-state index is 10.7. The number of aromatic nitrogens is 12. The van der Waals surface area contributed by atoms with E-state index in [9.17, 15) is 101 Å². The molecular weight excluding hydrogens is 2090 g/mol. The first-order valence-electron chi connectivity index (χ1n) is 37.7. The molecule has 0 atom stereocenters. The van der Waals surface area contributed by atoms with Crippen molar-refractivity contribution in [3.63, 3.8) is 0 Å². The van der Waals surface area contributed by atoms with Crippen LogP contribution in [0.15, 0.2) is 298 Å². The van der Waals surface area contributed by atoms with Gasteiger partial charge in [0.15, 0.2) is 0 Å². The van der Waals surface area contributed by atoms with Crippen LogP contribution in [0.4, 0.5) is 101 Å². The van der Waals surface area contributed by atoms with Crippen LogP contribution in [-0.2, 0) is 57.9 Å². The number of ether oxygens (including phenoxy) is 4. The fourth-order valence-corrected chi connectivity index (χ4v) is 7.71. The van der Waals surface area contributed by atoms with Gasteiger partial charge in [-0.2, -0.15) is 5.26 Å². The van der Waals surface area contributed by atoms with E-state index >= 15 is 0 Å². The summed E-state index contributed by atoms with van der Waals surface area (Å²) in [6.07, 6.45) is 14.1. The predicted molar refractivity (Wildman–Crippen MR) is 466 cm³/mol. The number of hydrogen-bond donors (Lipinski definition) is 4. The van der Waals surface area contributed by atoms with Gasteiger partial charge in [-0.1, -0.05) is 91.0 Å². The van der Waals surface area contributed by atoms with Crippen LogP contribution in [0.3, 0.4) is 0 Å². The Morgan fingerprint density at radius 2 is 0.336 bits per heavy atom. The minimum atomic E-state index is -10.7. The first kappa shape index (κ1) is 129. The van der Waals surface area contributed by atoms with Crippen molar-refractivity contribution in [1.29, 1.82) is 5.26 Å². The van der Waals surface area contributed by atoms with E-state index in [0.29, 0.717) is 28.3 Å². The van der Waals surface area contributed by atoms with Crippen molar-refractivity contribution in [1.82, 2.24) is 59.8 Å². The summed E-state index contributed by atoms with van der Waals surface area (Å²) in [6.45, 7) is 22.7. The van der Waals surface area contributed by atoms with Gasteiger partial charge in [0, 0.05) is 127 Å². The van der Waals surface area contributed by atoms with Crippen LogP contribution in [0.1, 0.15) is 61.0 Å². The summed E-state index contributed by atoms with van der Waals surface area (Å²) in [6, 6.07) is 77.0. The Hall–Kier alpha value is -11.2. The quantitative estimate of drug-likeness (QED) is 0.0447. The van der Waals surface area contributed by atoms with Crippen molar-refractivity contribution in [2.24, 2.45) is 0 Å². The van der Waals surface area contributed by atoms with E-state index in [2.05, 4.69) is 59.8 Å². The molecule has 0 fully saturated rings. The van der Waals surface area contributed by atoms with Crippen molar-refractivity contribution in [3.05, 3.63) is 304 Å². The molecule has 742 valence electrons. The SMILES string of the molecule is CCOCC.CCOCC.CCOCC.CCOCC.F[P-](F)(F)(F)(F)F.F[P-](F)(F)(F)(F)F.F[P-](F)(F)(F)(F)F.F[P-](F)(F)(F)(F)F.N#Cc1ccccc1.Oc1cccc(-c2cccc(O)n2)n1.Oc1cccc(-c2cccc(O)n2)n1.[Ru+2].[Ru+2].c1ccc(-c2ccccn2)nc1.c1ccc(-c2ccccn2)nc1.c1ccc(-c2ccccn2)nc1.c1ccc(-c2ccccn2)nc1. The van der Waals surface area contributed by atoms with Gasteiger partial charge in [0.25, 0.3) is 0 Å². The average Bonchev–Trinajstić information content (AvgIpc) is 0.800. The molecule has 0 bridgehead atoms. The van der Waals surface area contributed by atoms with E-state index in [1.54, 1.807) is 110 Å². The van der Waals surface area contributed by atoms with Crippen LogP contribution < -0.4 is 0 Å². The molecule has 1 aromatic carbocycles. The standard InChI is InChI=1S/2C10H8N2O2.4C10H8N2.C7H5N.4C4H10O.4F6P.2Ru/c2*13-9-5-1-3-7(11-9)8-4-2-6-10(14)12-8;4*1-3-7-11-9(5-1)10-6-2-4-8-12-10;8-6-7-4-2-1-3-5-7;4*1-3-5-4-2;4*1-7(2,3,4,5)6;;/h2*1-6H,(H,11,13)(H,12,14);4*1-8H;1-5H;4*3-4H2,1-2H3;;;;;;/q;;;;;;;;;;;4*-1;2*+2. The summed E-state index contributed by atoms with van der Waals surface area (Å²) in [5.41, 5.74) is 10.1. The third-order valence-corrected chi connectivity index (χ3v) is 12.4. The maximum atomic E-state index is 9.87. The van der Waals surface area contributed by atoms with Gasteiger partial charge < -0.3 is 39.4 Å². The molecule has 0 radical (unpaired) electrons. The Morgan fingerprint density at radius 3 is 0.425 bits per heavy atom. The zero-order chi connectivity index (χ0) is 101. The van der Waals surface area contributed by atoms with Crippen molar-refractivity contribution >= 4 is 31.2 Å². The Kier molecular flexibility index (Phi) is 56.7. The number of aromatic hydroxyl groups is 4. The molecule has 21 nitrogen and oxygen atoms in total. The Morgan fingerprint density at radius 1 is 0.209 bits per heavy atom. The molecule has 0 unspecified atom stereocenters. The minimum absolute atomic E-state index is 0. The third-order valence-electron chi connectivity index (χ3n) is 12.4. The summed E-state index contributed by atoms with van der Waals surface area (Å²) in [7, 11) is -42.6. The molecule has 0 aliphatic carbocycles. The molecule has 0 amide bonds. The summed E-state index contributed by atoms with van der Waals surface area (Å²) in [5.74, 6) is -0.249. The third kappa shape index (κ3) is 95.4. The van der Waals surface area contributed by atoms with Crippen LogP contribution in [-0.4, -0.2) is 133 Å². The monoisotopic (exact) mass is 2180 g/mol. The molecular formula is C83H93F24N13O8P4Ru2. The molecule has 0 saturated heterocycles. The fourth-order valence-electron chi connectivity index (χ4n) is 7.71. The van der Waals surface area contributed by atoms with Crippen LogP contribution >= 0.6 is 31.2 Å². The number of nitrogens with zero attached hydrogens (tertiary/aromatic N) is 13. The number of pyridine rings is 12. The van der Waals surface area contributed by atoms with Crippen molar-refractivity contribution in [2.45, 2.75) is 55.4 Å². The van der Waals surface area contributed by atoms with Gasteiger partial charge in [-0.05, 0) is 189 Å². The van der Waals surface area contributed by atoms with Gasteiger partial charge in [-0.25, -0.2) is 19.9 Å². The normalized spacial score (nSPS) is 12.1. The number of halogens is 24. The fraction of sp³-hybridized carbons (Fsp3) is 0.193. The van der Waals surface area contributed by atoms with Crippen LogP contribution in [0.25, 0.3) is 68.3 Å². The molecule has 12 aromatic heterocycles. The van der Waals surface area contributed by atoms with E-state index in [4.69, 9.17) is 44.6 Å². The summed E-state index contributed by atoms with van der Waals surface area (Å²) in [4.78, 5) is 49.0. The first-order chi connectivity index (χ1) is 60.8. The largest absolute Gasteiger partial charge is 2.00 e. The molecule has 12 heterocycles. The number of nitriles is 1. The average molecular weight is 2180 g/mol. The van der Waals surface area contributed by atoms with Crippen LogP contribution in [0.2, 0.25) is 0 Å². The van der Waals surface area contributed by atoms with Crippen molar-refractivity contribution in [3.8, 4) is 97.9 Å². The summed E-state index contributed by atoms with van der Waals surface area (Å²) < 4.78 is 256. The van der Waals surface area contributed by atoms with Gasteiger partial charge in [0.05, 0.1) is 80.0 Å². The second-order valence-electron chi connectivity index (χ2n) is 23.7. The molecule has 13 rings (SSSR count). The molecule has 0 aliphatic rings. The van der Waals surface area contributed by atoms with Gasteiger partial charge >= 0.3 is 171 Å². The van der Waals surface area contributed by atoms with Gasteiger partial charge in [-0.3, -0.25) is 39.9 Å². The van der Waals surface area contributed by atoms with E-state index in [1.807, 2.05) is 225 Å². The Labute approximate surface area is 781 Å². The second-order valence-corrected chi connectivity index (χ2v) is 31.3. The first-order valence-corrected chi connectivity index (χ1v) is 45.8. The number of hydrogen-bond acceptors (Lipinski definition) is 21. The molecule has 4 N–H and O–H groups in total. The van der Waals surface area contributed by atoms with E-state index in [-0.39, 0.29) is 62.5 Å². The van der Waals surface area contributed by atoms with Gasteiger partial charge in [-0.15, -0.1) is 0 Å². The molecule has 51 heteroatoms. The topological polar surface area (TPSA) is 296 Å². The number of benzene rings is 1. The Balaban J connectivity index is -0.000000684. The summed E-state index contributed by atoms with van der Waals surface area (Å²) >= 11 is 0. The predicted octanol–water partition coefficient (Wildman–Crippen LogP) is 30.9. The van der Waals surface area contributed by atoms with E-state index in [0.717, 1.165) is 98.4 Å². The molecule has 0 spiro atoms. The van der Waals surface area contributed by atoms with Gasteiger partial charge in [0.1, 0.15) is 0 Å². The molecule has 134 heavy (non-hydrogen) atoms. The van der Waals surface area contributed by atoms with Crippen molar-refractivity contribution in [2.75, 3.05) is 52.9 Å². The van der Waals surface area contributed by atoms with Crippen LogP contribution in [0, 0.1) is 11.3 Å². The second kappa shape index (κ2) is 58.9. The number of rotatable bonds is 14. The van der Waals surface area contributed by atoms with Gasteiger partial charge in [0.2, 0.25) is 23.5 Å². The van der Waals surface area contributed by atoms with E-state index in [1.165, 1.54) is 24.3 Å². The van der Waals surface area contributed by atoms with E-state index < -0.39 is 31.2 Å². The molecule has 0 saturated carbocycles. The summed E-state index contributed by atoms with van der Waals surface area (Å²) in [5, 5.41) is 44.9. The maximum Gasteiger partial charge on any atom is 2.00 e. The smallest absolute Gasteiger partial charge is 0.493 e.